The van der Waals surface area contributed by atoms with Crippen molar-refractivity contribution in [1.82, 2.24) is 0 Å². The van der Waals surface area contributed by atoms with Gasteiger partial charge in [0, 0.05) is 0 Å². The SMILES string of the molecule is CCC(CC)CSCC(C)CN. The lowest BCUT2D eigenvalue weighted by Gasteiger charge is -2.13. The average molecular weight is 189 g/mol. The number of hydrogen-bond acceptors (Lipinski definition) is 2. The fraction of sp³-hybridized carbons (Fsp3) is 1.00. The molecule has 0 rings (SSSR count). The molecule has 0 aliphatic rings. The molecular weight excluding hydrogens is 166 g/mol. The molecule has 0 spiro atoms. The minimum absolute atomic E-state index is 0.685. The Hall–Kier alpha value is 0.310. The fourth-order valence-corrected chi connectivity index (χ4v) is 2.51. The van der Waals surface area contributed by atoms with Gasteiger partial charge in [0.1, 0.15) is 0 Å². The Morgan fingerprint density at radius 1 is 1.17 bits per heavy atom. The summed E-state index contributed by atoms with van der Waals surface area (Å²) in [5.74, 6) is 4.15. The summed E-state index contributed by atoms with van der Waals surface area (Å²) < 4.78 is 0. The predicted octanol–water partition coefficient (Wildman–Crippen LogP) is 2.75. The molecule has 0 bridgehead atoms. The van der Waals surface area contributed by atoms with Crippen LogP contribution in [0.2, 0.25) is 0 Å². The molecule has 1 unspecified atom stereocenters. The quantitative estimate of drug-likeness (QED) is 0.666. The van der Waals surface area contributed by atoms with Crippen molar-refractivity contribution < 1.29 is 0 Å². The van der Waals surface area contributed by atoms with Crippen molar-refractivity contribution in [3.8, 4) is 0 Å². The first-order valence-corrected chi connectivity index (χ1v) is 6.17. The van der Waals surface area contributed by atoms with Crippen molar-refractivity contribution in [3.63, 3.8) is 0 Å². The van der Waals surface area contributed by atoms with Crippen LogP contribution in [0.5, 0.6) is 0 Å². The summed E-state index contributed by atoms with van der Waals surface area (Å²) in [5, 5.41) is 0. The zero-order valence-corrected chi connectivity index (χ0v) is 9.49. The predicted molar refractivity (Wildman–Crippen MR) is 59.6 cm³/mol. The molecule has 74 valence electrons. The van der Waals surface area contributed by atoms with Crippen LogP contribution in [0.1, 0.15) is 33.6 Å². The second kappa shape index (κ2) is 7.93. The lowest BCUT2D eigenvalue weighted by atomic mass is 10.1. The van der Waals surface area contributed by atoms with Crippen LogP contribution in [0.4, 0.5) is 0 Å². The molecule has 0 aliphatic heterocycles. The largest absolute Gasteiger partial charge is 0.330 e. The summed E-state index contributed by atoms with van der Waals surface area (Å²) in [4.78, 5) is 0. The monoisotopic (exact) mass is 189 g/mol. The molecule has 1 nitrogen and oxygen atoms in total. The Morgan fingerprint density at radius 2 is 1.75 bits per heavy atom. The highest BCUT2D eigenvalue weighted by atomic mass is 32.2. The second-order valence-electron chi connectivity index (χ2n) is 3.56. The molecular formula is C10H23NS. The molecule has 0 radical (unpaired) electrons. The van der Waals surface area contributed by atoms with Crippen molar-refractivity contribution in [2.24, 2.45) is 17.6 Å². The van der Waals surface area contributed by atoms with Gasteiger partial charge in [-0.05, 0) is 29.9 Å². The number of thioether (sulfide) groups is 1. The van der Waals surface area contributed by atoms with Crippen LogP contribution < -0.4 is 5.73 Å². The highest BCUT2D eigenvalue weighted by Crippen LogP contribution is 2.17. The van der Waals surface area contributed by atoms with E-state index in [0.29, 0.717) is 5.92 Å². The van der Waals surface area contributed by atoms with E-state index in [9.17, 15) is 0 Å². The van der Waals surface area contributed by atoms with Crippen molar-refractivity contribution in [1.29, 1.82) is 0 Å². The van der Waals surface area contributed by atoms with Crippen LogP contribution in [-0.4, -0.2) is 18.1 Å². The van der Waals surface area contributed by atoms with E-state index in [1.165, 1.54) is 24.3 Å². The van der Waals surface area contributed by atoms with E-state index in [4.69, 9.17) is 5.73 Å². The molecule has 0 saturated heterocycles. The van der Waals surface area contributed by atoms with Gasteiger partial charge in [-0.3, -0.25) is 0 Å². The maximum absolute atomic E-state index is 5.54. The lowest BCUT2D eigenvalue weighted by Crippen LogP contribution is -2.13. The van der Waals surface area contributed by atoms with E-state index >= 15 is 0 Å². The van der Waals surface area contributed by atoms with E-state index < -0.39 is 0 Å². The van der Waals surface area contributed by atoms with Crippen LogP contribution in [0.25, 0.3) is 0 Å². The highest BCUT2D eigenvalue weighted by Gasteiger charge is 2.04. The van der Waals surface area contributed by atoms with E-state index in [1.807, 2.05) is 0 Å². The average Bonchev–Trinajstić information content (AvgIpc) is 2.12. The first-order valence-electron chi connectivity index (χ1n) is 5.02. The van der Waals surface area contributed by atoms with Gasteiger partial charge >= 0.3 is 0 Å². The third-order valence-electron chi connectivity index (χ3n) is 2.31. The lowest BCUT2D eigenvalue weighted by molar-refractivity contribution is 0.552. The normalized spacial score (nSPS) is 13.8. The maximum Gasteiger partial charge on any atom is -0.00296 e. The fourth-order valence-electron chi connectivity index (χ4n) is 1.03. The highest BCUT2D eigenvalue weighted by molar-refractivity contribution is 7.99. The van der Waals surface area contributed by atoms with Crippen molar-refractivity contribution in [3.05, 3.63) is 0 Å². The van der Waals surface area contributed by atoms with E-state index in [-0.39, 0.29) is 0 Å². The van der Waals surface area contributed by atoms with E-state index in [1.54, 1.807) is 0 Å². The van der Waals surface area contributed by atoms with Gasteiger partial charge in [-0.15, -0.1) is 0 Å². The molecule has 2 heteroatoms. The molecule has 1 atom stereocenters. The first kappa shape index (κ1) is 12.3. The Kier molecular flexibility index (Phi) is 8.14. The van der Waals surface area contributed by atoms with E-state index in [0.717, 1.165) is 12.5 Å². The third-order valence-corrected chi connectivity index (χ3v) is 3.82. The zero-order valence-electron chi connectivity index (χ0n) is 8.68. The molecule has 0 heterocycles. The standard InChI is InChI=1S/C10H23NS/c1-4-10(5-2)8-12-7-9(3)6-11/h9-10H,4-8,11H2,1-3H3. The maximum atomic E-state index is 5.54. The smallest absolute Gasteiger partial charge is 0.00296 e. The molecule has 0 fully saturated rings. The van der Waals surface area contributed by atoms with Crippen LogP contribution in [0.15, 0.2) is 0 Å². The third kappa shape index (κ3) is 5.90. The Bertz CT molecular complexity index is 91.8. The van der Waals surface area contributed by atoms with Gasteiger partial charge in [-0.25, -0.2) is 0 Å². The summed E-state index contributed by atoms with van der Waals surface area (Å²) in [7, 11) is 0. The van der Waals surface area contributed by atoms with Gasteiger partial charge in [0.25, 0.3) is 0 Å². The zero-order chi connectivity index (χ0) is 9.40. The molecule has 0 aromatic rings. The summed E-state index contributed by atoms with van der Waals surface area (Å²) in [5.41, 5.74) is 5.54. The Morgan fingerprint density at radius 3 is 2.17 bits per heavy atom. The molecule has 12 heavy (non-hydrogen) atoms. The minimum Gasteiger partial charge on any atom is -0.330 e. The molecule has 0 saturated carbocycles. The van der Waals surface area contributed by atoms with Gasteiger partial charge in [0.15, 0.2) is 0 Å². The van der Waals surface area contributed by atoms with Crippen molar-refractivity contribution >= 4 is 11.8 Å². The summed E-state index contributed by atoms with van der Waals surface area (Å²) in [6.07, 6.45) is 2.64. The van der Waals surface area contributed by atoms with Crippen LogP contribution >= 0.6 is 11.8 Å². The Balaban J connectivity index is 3.28. The van der Waals surface area contributed by atoms with Crippen LogP contribution in [0.3, 0.4) is 0 Å². The first-order chi connectivity index (χ1) is 5.74. The van der Waals surface area contributed by atoms with Crippen molar-refractivity contribution in [2.45, 2.75) is 33.6 Å². The molecule has 0 aliphatic carbocycles. The van der Waals surface area contributed by atoms with Gasteiger partial charge in [-0.2, -0.15) is 11.8 Å². The second-order valence-corrected chi connectivity index (χ2v) is 4.64. The minimum atomic E-state index is 0.685. The summed E-state index contributed by atoms with van der Waals surface area (Å²) >= 11 is 2.06. The number of hydrogen-bond donors (Lipinski definition) is 1. The molecule has 0 amide bonds. The topological polar surface area (TPSA) is 26.0 Å². The van der Waals surface area contributed by atoms with Crippen LogP contribution in [0, 0.1) is 11.8 Å². The van der Waals surface area contributed by atoms with Gasteiger partial charge < -0.3 is 5.73 Å². The van der Waals surface area contributed by atoms with Crippen molar-refractivity contribution in [2.75, 3.05) is 18.1 Å². The summed E-state index contributed by atoms with van der Waals surface area (Å²) in [6.45, 7) is 7.61. The van der Waals surface area contributed by atoms with Crippen LogP contribution in [-0.2, 0) is 0 Å². The van der Waals surface area contributed by atoms with Gasteiger partial charge in [-0.1, -0.05) is 33.6 Å². The van der Waals surface area contributed by atoms with Gasteiger partial charge in [0.05, 0.1) is 0 Å². The Labute approximate surface area is 81.5 Å². The molecule has 0 aromatic carbocycles. The van der Waals surface area contributed by atoms with Gasteiger partial charge in [0.2, 0.25) is 0 Å². The molecule has 2 N–H and O–H groups in total. The molecule has 0 aromatic heterocycles. The number of nitrogens with two attached hydrogens (primary N) is 1. The number of rotatable bonds is 7. The van der Waals surface area contributed by atoms with E-state index in [2.05, 4.69) is 32.5 Å². The summed E-state index contributed by atoms with van der Waals surface area (Å²) in [6, 6.07) is 0.